The van der Waals surface area contributed by atoms with Gasteiger partial charge in [-0.3, -0.25) is 4.90 Å². The summed E-state index contributed by atoms with van der Waals surface area (Å²) in [6.07, 6.45) is 0. The summed E-state index contributed by atoms with van der Waals surface area (Å²) in [4.78, 5) is 28.0. The first-order valence-electron chi connectivity index (χ1n) is 11.4. The lowest BCUT2D eigenvalue weighted by Gasteiger charge is -2.36. The predicted octanol–water partition coefficient (Wildman–Crippen LogP) is 4.26. The molecule has 1 unspecified atom stereocenters. The van der Waals surface area contributed by atoms with Gasteiger partial charge < -0.3 is 19.9 Å². The molecular weight excluding hydrogens is 470 g/mol. The molecule has 0 fully saturated rings. The summed E-state index contributed by atoms with van der Waals surface area (Å²) in [6.45, 7) is 0. The van der Waals surface area contributed by atoms with Crippen molar-refractivity contribution in [1.29, 1.82) is 5.26 Å². The second kappa shape index (κ2) is 10.7. The Morgan fingerprint density at radius 3 is 2.08 bits per heavy atom. The highest BCUT2D eigenvalue weighted by atomic mass is 16.5. The smallest absolute Gasteiger partial charge is 0.355 e. The molecule has 1 aliphatic rings. The molecule has 0 aromatic heterocycles. The first kappa shape index (κ1) is 25.1. The van der Waals surface area contributed by atoms with Crippen LogP contribution in [-0.4, -0.2) is 33.3 Å². The van der Waals surface area contributed by atoms with E-state index >= 15 is 0 Å². The Labute approximate surface area is 214 Å². The lowest BCUT2D eigenvalue weighted by atomic mass is 9.80. The Hall–Kier alpha value is -5.03. The van der Waals surface area contributed by atoms with E-state index in [1.165, 1.54) is 26.2 Å². The number of hydrogen-bond donors (Lipinski definition) is 1. The maximum atomic E-state index is 13.4. The van der Waals surface area contributed by atoms with Crippen LogP contribution in [0.3, 0.4) is 0 Å². The average Bonchev–Trinajstić information content (AvgIpc) is 2.96. The van der Waals surface area contributed by atoms with Crippen molar-refractivity contribution in [3.8, 4) is 22.9 Å². The van der Waals surface area contributed by atoms with Gasteiger partial charge in [0.2, 0.25) is 0 Å². The van der Waals surface area contributed by atoms with Crippen molar-refractivity contribution >= 4 is 17.6 Å². The molecule has 0 spiro atoms. The van der Waals surface area contributed by atoms with Gasteiger partial charge >= 0.3 is 11.9 Å². The molecule has 1 atom stereocenters. The Morgan fingerprint density at radius 1 is 0.892 bits per heavy atom. The molecule has 0 radical (unpaired) electrons. The Morgan fingerprint density at radius 2 is 1.51 bits per heavy atom. The molecule has 3 aromatic carbocycles. The number of methoxy groups -OCH3 is 3. The molecule has 3 aromatic rings. The number of carbonyl (C=O) groups is 2. The van der Waals surface area contributed by atoms with Crippen LogP contribution in [0.4, 0.5) is 5.69 Å². The van der Waals surface area contributed by atoms with Crippen LogP contribution in [0.2, 0.25) is 0 Å². The van der Waals surface area contributed by atoms with Gasteiger partial charge in [0.1, 0.15) is 17.3 Å². The van der Waals surface area contributed by atoms with Crippen molar-refractivity contribution in [2.24, 2.45) is 5.73 Å². The molecule has 8 heteroatoms. The lowest BCUT2D eigenvalue weighted by molar-refractivity contribution is -0.139. The summed E-state index contributed by atoms with van der Waals surface area (Å²) in [5, 5.41) is 10.3. The molecular formula is C29H25N3O5. The number of nitrogens with zero attached hydrogens (tertiary/aromatic N) is 2. The van der Waals surface area contributed by atoms with Crippen LogP contribution in [-0.2, 0) is 19.1 Å². The zero-order valence-corrected chi connectivity index (χ0v) is 20.6. The second-order valence-electron chi connectivity index (χ2n) is 8.08. The zero-order valence-electron chi connectivity index (χ0n) is 20.6. The van der Waals surface area contributed by atoms with E-state index in [1.807, 2.05) is 42.5 Å². The van der Waals surface area contributed by atoms with E-state index in [4.69, 9.17) is 19.9 Å². The highest BCUT2D eigenvalue weighted by Gasteiger charge is 2.43. The van der Waals surface area contributed by atoms with Crippen molar-refractivity contribution < 1.29 is 23.8 Å². The zero-order chi connectivity index (χ0) is 26.5. The third-order valence-corrected chi connectivity index (χ3v) is 6.14. The van der Waals surface area contributed by atoms with Gasteiger partial charge in [-0.25, -0.2) is 9.59 Å². The molecule has 1 aliphatic heterocycles. The minimum atomic E-state index is -0.949. The number of rotatable bonds is 6. The number of hydrogen-bond acceptors (Lipinski definition) is 8. The van der Waals surface area contributed by atoms with E-state index in [-0.39, 0.29) is 22.7 Å². The molecule has 0 aliphatic carbocycles. The van der Waals surface area contributed by atoms with Crippen LogP contribution in [0, 0.1) is 11.3 Å². The van der Waals surface area contributed by atoms with E-state index in [9.17, 15) is 14.9 Å². The summed E-state index contributed by atoms with van der Waals surface area (Å²) in [5.74, 6) is -2.09. The molecule has 186 valence electrons. The Bertz CT molecular complexity index is 1440. The quantitative estimate of drug-likeness (QED) is 0.505. The maximum absolute atomic E-state index is 13.4. The van der Waals surface area contributed by atoms with Crippen LogP contribution < -0.4 is 15.4 Å². The second-order valence-corrected chi connectivity index (χ2v) is 8.08. The minimum absolute atomic E-state index is 0.0187. The standard InChI is InChI=1S/C29H25N3O5/c1-35-20-14-15-21(18-10-6-4-7-11-18)23(16-20)32-26(29(34)37-3)25(28(33)36-2)24(22(17-30)27(32)31)19-12-8-5-9-13-19/h4-16,24H,31H2,1-3H3. The van der Waals surface area contributed by atoms with Crippen molar-refractivity contribution in [2.45, 2.75) is 5.92 Å². The number of allylic oxidation sites excluding steroid dienone is 1. The van der Waals surface area contributed by atoms with Gasteiger partial charge in [0.25, 0.3) is 0 Å². The van der Waals surface area contributed by atoms with Gasteiger partial charge in [-0.1, -0.05) is 60.7 Å². The monoisotopic (exact) mass is 495 g/mol. The van der Waals surface area contributed by atoms with Gasteiger partial charge in [0.05, 0.1) is 50.2 Å². The molecule has 0 saturated carbocycles. The lowest BCUT2D eigenvalue weighted by Crippen LogP contribution is -2.41. The van der Waals surface area contributed by atoms with Crippen LogP contribution in [0.15, 0.2) is 102 Å². The van der Waals surface area contributed by atoms with Crippen LogP contribution in [0.25, 0.3) is 11.1 Å². The molecule has 37 heavy (non-hydrogen) atoms. The molecule has 0 saturated heterocycles. The average molecular weight is 496 g/mol. The number of ether oxygens (including phenoxy) is 3. The van der Waals surface area contributed by atoms with E-state index < -0.39 is 17.9 Å². The van der Waals surface area contributed by atoms with Crippen molar-refractivity contribution in [1.82, 2.24) is 0 Å². The van der Waals surface area contributed by atoms with E-state index in [1.54, 1.807) is 36.4 Å². The van der Waals surface area contributed by atoms with Crippen molar-refractivity contribution in [2.75, 3.05) is 26.2 Å². The number of esters is 2. The van der Waals surface area contributed by atoms with Crippen molar-refractivity contribution in [3.63, 3.8) is 0 Å². The summed E-state index contributed by atoms with van der Waals surface area (Å²) >= 11 is 0. The number of benzene rings is 3. The number of anilines is 1. The molecule has 0 amide bonds. The van der Waals surface area contributed by atoms with Gasteiger partial charge in [0.15, 0.2) is 0 Å². The molecule has 8 nitrogen and oxygen atoms in total. The summed E-state index contributed by atoms with van der Waals surface area (Å²) in [5.41, 5.74) is 9.06. The van der Waals surface area contributed by atoms with Gasteiger partial charge in [-0.05, 0) is 23.3 Å². The van der Waals surface area contributed by atoms with Gasteiger partial charge in [-0.15, -0.1) is 0 Å². The molecule has 4 rings (SSSR count). The Balaban J connectivity index is 2.13. The number of nitriles is 1. The SMILES string of the molecule is COC(=O)C1=C(C(=O)OC)N(c2cc(OC)ccc2-c2ccccc2)C(N)=C(C#N)C1c1ccccc1. The van der Waals surface area contributed by atoms with Crippen LogP contribution in [0.5, 0.6) is 5.75 Å². The van der Waals surface area contributed by atoms with E-state index in [2.05, 4.69) is 6.07 Å². The van der Waals surface area contributed by atoms with Crippen LogP contribution >= 0.6 is 0 Å². The normalized spacial score (nSPS) is 15.2. The summed E-state index contributed by atoms with van der Waals surface area (Å²) in [6, 6.07) is 25.7. The van der Waals surface area contributed by atoms with E-state index in [0.717, 1.165) is 5.56 Å². The summed E-state index contributed by atoms with van der Waals surface area (Å²) in [7, 11) is 3.94. The van der Waals surface area contributed by atoms with Crippen molar-refractivity contribution in [3.05, 3.63) is 107 Å². The van der Waals surface area contributed by atoms with Crippen LogP contribution in [0.1, 0.15) is 11.5 Å². The molecule has 2 N–H and O–H groups in total. The number of nitrogens with two attached hydrogens (primary N) is 1. The van der Waals surface area contributed by atoms with Gasteiger partial charge in [-0.2, -0.15) is 5.26 Å². The van der Waals surface area contributed by atoms with E-state index in [0.29, 0.717) is 22.6 Å². The highest BCUT2D eigenvalue weighted by molar-refractivity contribution is 6.07. The first-order valence-corrected chi connectivity index (χ1v) is 11.4. The maximum Gasteiger partial charge on any atom is 0.355 e. The summed E-state index contributed by atoms with van der Waals surface area (Å²) < 4.78 is 15.7. The fourth-order valence-corrected chi connectivity index (χ4v) is 4.45. The predicted molar refractivity (Wildman–Crippen MR) is 138 cm³/mol. The Kier molecular flexibility index (Phi) is 7.26. The fourth-order valence-electron chi connectivity index (χ4n) is 4.45. The topological polar surface area (TPSA) is 115 Å². The van der Waals surface area contributed by atoms with Gasteiger partial charge in [0, 0.05) is 11.6 Å². The first-order chi connectivity index (χ1) is 18.0. The third-order valence-electron chi connectivity index (χ3n) is 6.14. The largest absolute Gasteiger partial charge is 0.497 e. The molecule has 1 heterocycles. The third kappa shape index (κ3) is 4.50. The highest BCUT2D eigenvalue weighted by Crippen LogP contribution is 2.46. The molecule has 0 bridgehead atoms. The number of carbonyl (C=O) groups excluding carboxylic acids is 2. The fraction of sp³-hybridized carbons (Fsp3) is 0.138. The minimum Gasteiger partial charge on any atom is -0.497 e.